The minimum atomic E-state index is -1.04. The highest BCUT2D eigenvalue weighted by Gasteiger charge is 2.47. The van der Waals surface area contributed by atoms with Crippen LogP contribution in [0.5, 0.6) is 5.75 Å². The normalized spacial score (nSPS) is 17.7. The van der Waals surface area contributed by atoms with Gasteiger partial charge >= 0.3 is 0 Å². The van der Waals surface area contributed by atoms with Crippen LogP contribution >= 0.6 is 0 Å². The van der Waals surface area contributed by atoms with Crippen LogP contribution in [0.3, 0.4) is 0 Å². The molecule has 0 atom stereocenters. The number of hydrogen-bond acceptors (Lipinski definition) is 3. The van der Waals surface area contributed by atoms with Crippen molar-refractivity contribution >= 4 is 23.2 Å². The predicted octanol–water partition coefficient (Wildman–Crippen LogP) is 2.11. The van der Waals surface area contributed by atoms with Crippen LogP contribution in [0.2, 0.25) is 0 Å². The minimum absolute atomic E-state index is 0.0631. The summed E-state index contributed by atoms with van der Waals surface area (Å²) in [5.74, 6) is -0.453. The van der Waals surface area contributed by atoms with E-state index in [2.05, 4.69) is 5.32 Å². The number of carbonyl (C=O) groups is 2. The van der Waals surface area contributed by atoms with Gasteiger partial charge in [-0.15, -0.1) is 0 Å². The number of aromatic hydroxyl groups is 1. The maximum Gasteiger partial charge on any atom is 0.242 e. The van der Waals surface area contributed by atoms with E-state index in [4.69, 9.17) is 0 Å². The lowest BCUT2D eigenvalue weighted by Gasteiger charge is -2.29. The summed E-state index contributed by atoms with van der Waals surface area (Å²) in [5, 5.41) is 12.3. The van der Waals surface area contributed by atoms with Gasteiger partial charge in [-0.25, -0.2) is 0 Å². The van der Waals surface area contributed by atoms with E-state index >= 15 is 0 Å². The number of amides is 2. The van der Waals surface area contributed by atoms with Crippen molar-refractivity contribution in [2.75, 3.05) is 17.3 Å². The van der Waals surface area contributed by atoms with E-state index in [-0.39, 0.29) is 17.6 Å². The molecule has 0 fully saturated rings. The number of fused-ring (bicyclic) bond motifs is 1. The lowest BCUT2D eigenvalue weighted by Crippen LogP contribution is -2.47. The Bertz CT molecular complexity index is 535. The van der Waals surface area contributed by atoms with Crippen LogP contribution in [0.1, 0.15) is 26.7 Å². The zero-order chi connectivity index (χ0) is 14.2. The lowest BCUT2D eigenvalue weighted by atomic mass is 9.80. The van der Waals surface area contributed by atoms with Gasteiger partial charge in [0.25, 0.3) is 0 Å². The van der Waals surface area contributed by atoms with Crippen LogP contribution in [0.4, 0.5) is 11.4 Å². The molecular weight excluding hydrogens is 244 g/mol. The Balaban J connectivity index is 2.60. The topological polar surface area (TPSA) is 69.6 Å². The summed E-state index contributed by atoms with van der Waals surface area (Å²) >= 11 is 0. The third-order valence-corrected chi connectivity index (χ3v) is 3.95. The van der Waals surface area contributed by atoms with E-state index in [1.54, 1.807) is 13.1 Å². The van der Waals surface area contributed by atoms with Crippen LogP contribution in [0, 0.1) is 5.41 Å². The van der Waals surface area contributed by atoms with Gasteiger partial charge in [0, 0.05) is 13.1 Å². The first-order valence-corrected chi connectivity index (χ1v) is 6.39. The monoisotopic (exact) mass is 262 g/mol. The number of benzene rings is 1. The van der Waals surface area contributed by atoms with E-state index in [9.17, 15) is 14.7 Å². The third kappa shape index (κ3) is 1.85. The molecule has 2 amide bonds. The molecule has 0 bridgehead atoms. The molecule has 0 unspecified atom stereocenters. The van der Waals surface area contributed by atoms with Crippen molar-refractivity contribution in [1.82, 2.24) is 0 Å². The van der Waals surface area contributed by atoms with Crippen LogP contribution in [0.15, 0.2) is 18.2 Å². The van der Waals surface area contributed by atoms with E-state index in [1.807, 2.05) is 13.8 Å². The molecule has 0 spiro atoms. The minimum Gasteiger partial charge on any atom is -0.508 e. The van der Waals surface area contributed by atoms with Gasteiger partial charge in [0.05, 0.1) is 11.4 Å². The van der Waals surface area contributed by atoms with Crippen LogP contribution < -0.4 is 10.2 Å². The van der Waals surface area contributed by atoms with Crippen molar-refractivity contribution in [2.45, 2.75) is 26.7 Å². The second kappa shape index (κ2) is 4.57. The van der Waals surface area contributed by atoms with Gasteiger partial charge in [-0.2, -0.15) is 0 Å². The van der Waals surface area contributed by atoms with Crippen molar-refractivity contribution < 1.29 is 14.7 Å². The molecule has 19 heavy (non-hydrogen) atoms. The Morgan fingerprint density at radius 2 is 1.89 bits per heavy atom. The average molecular weight is 262 g/mol. The molecule has 1 aliphatic heterocycles. The van der Waals surface area contributed by atoms with Gasteiger partial charge in [-0.3, -0.25) is 9.59 Å². The van der Waals surface area contributed by atoms with Gasteiger partial charge in [-0.1, -0.05) is 13.8 Å². The predicted molar refractivity (Wildman–Crippen MR) is 73.2 cm³/mol. The number of phenols is 1. The molecular formula is C14H18N2O3. The molecule has 102 valence electrons. The zero-order valence-corrected chi connectivity index (χ0v) is 11.4. The number of anilines is 2. The standard InChI is InChI=1S/C14H18N2O3/c1-4-14(5-2)12(18)15-10-7-6-9(17)8-11(10)16(3)13(14)19/h6-8,17H,4-5H2,1-3H3,(H,15,18). The summed E-state index contributed by atoms with van der Waals surface area (Å²) < 4.78 is 0. The largest absolute Gasteiger partial charge is 0.508 e. The summed E-state index contributed by atoms with van der Waals surface area (Å²) in [5.41, 5.74) is 0.0215. The quantitative estimate of drug-likeness (QED) is 0.633. The first-order chi connectivity index (χ1) is 8.96. The molecule has 1 aromatic rings. The molecule has 1 aliphatic rings. The van der Waals surface area contributed by atoms with E-state index in [1.165, 1.54) is 17.0 Å². The first-order valence-electron chi connectivity index (χ1n) is 6.39. The Morgan fingerprint density at radius 3 is 2.47 bits per heavy atom. The lowest BCUT2D eigenvalue weighted by molar-refractivity contribution is -0.139. The second-order valence-electron chi connectivity index (χ2n) is 4.81. The molecule has 0 aromatic heterocycles. The smallest absolute Gasteiger partial charge is 0.242 e. The fourth-order valence-electron chi connectivity index (χ4n) is 2.55. The Hall–Kier alpha value is -2.04. The fourth-order valence-corrected chi connectivity index (χ4v) is 2.55. The van der Waals surface area contributed by atoms with Gasteiger partial charge < -0.3 is 15.3 Å². The molecule has 5 nitrogen and oxygen atoms in total. The van der Waals surface area contributed by atoms with Crippen molar-refractivity contribution in [2.24, 2.45) is 5.41 Å². The number of nitrogens with one attached hydrogen (secondary N) is 1. The number of nitrogens with zero attached hydrogens (tertiary/aromatic N) is 1. The van der Waals surface area contributed by atoms with Gasteiger partial charge in [0.1, 0.15) is 11.2 Å². The first kappa shape index (κ1) is 13.4. The average Bonchev–Trinajstić information content (AvgIpc) is 2.48. The second-order valence-corrected chi connectivity index (χ2v) is 4.81. The van der Waals surface area contributed by atoms with Gasteiger partial charge in [0.15, 0.2) is 0 Å². The van der Waals surface area contributed by atoms with Crippen molar-refractivity contribution in [1.29, 1.82) is 0 Å². The van der Waals surface area contributed by atoms with Crippen LogP contribution in [0.25, 0.3) is 0 Å². The van der Waals surface area contributed by atoms with E-state index in [0.717, 1.165) is 0 Å². The molecule has 5 heteroatoms. The van der Waals surface area contributed by atoms with Crippen LogP contribution in [-0.4, -0.2) is 24.0 Å². The number of phenolic OH excluding ortho intramolecular Hbond substituents is 1. The fraction of sp³-hybridized carbons (Fsp3) is 0.429. The number of rotatable bonds is 2. The number of carbonyl (C=O) groups excluding carboxylic acids is 2. The Morgan fingerprint density at radius 1 is 1.26 bits per heavy atom. The molecule has 2 N–H and O–H groups in total. The summed E-state index contributed by atoms with van der Waals surface area (Å²) in [6.07, 6.45) is 0.886. The van der Waals surface area contributed by atoms with Gasteiger partial charge in [-0.05, 0) is 25.0 Å². The van der Waals surface area contributed by atoms with Crippen LogP contribution in [-0.2, 0) is 9.59 Å². The maximum absolute atomic E-state index is 12.6. The summed E-state index contributed by atoms with van der Waals surface area (Å²) in [4.78, 5) is 26.4. The van der Waals surface area contributed by atoms with Crippen molar-refractivity contribution in [3.05, 3.63) is 18.2 Å². The maximum atomic E-state index is 12.6. The highest BCUT2D eigenvalue weighted by molar-refractivity contribution is 6.19. The third-order valence-electron chi connectivity index (χ3n) is 3.95. The Labute approximate surface area is 112 Å². The SMILES string of the molecule is CCC1(CC)C(=O)Nc2ccc(O)cc2N(C)C1=O. The highest BCUT2D eigenvalue weighted by atomic mass is 16.3. The summed E-state index contributed by atoms with van der Waals surface area (Å²) in [6, 6.07) is 4.57. The summed E-state index contributed by atoms with van der Waals surface area (Å²) in [7, 11) is 1.63. The molecule has 1 aromatic carbocycles. The van der Waals surface area contributed by atoms with Gasteiger partial charge in [0.2, 0.25) is 11.8 Å². The molecule has 0 radical (unpaired) electrons. The zero-order valence-electron chi connectivity index (χ0n) is 11.4. The Kier molecular flexibility index (Phi) is 3.22. The van der Waals surface area contributed by atoms with Crippen molar-refractivity contribution in [3.63, 3.8) is 0 Å². The van der Waals surface area contributed by atoms with E-state index in [0.29, 0.717) is 24.2 Å². The highest BCUT2D eigenvalue weighted by Crippen LogP contribution is 2.39. The molecule has 0 aliphatic carbocycles. The van der Waals surface area contributed by atoms with Crippen molar-refractivity contribution in [3.8, 4) is 5.75 Å². The summed E-state index contributed by atoms with van der Waals surface area (Å²) in [6.45, 7) is 3.67. The molecule has 2 rings (SSSR count). The molecule has 0 saturated heterocycles. The van der Waals surface area contributed by atoms with E-state index < -0.39 is 5.41 Å². The molecule has 0 saturated carbocycles. The molecule has 1 heterocycles. The number of hydrogen-bond donors (Lipinski definition) is 2.